The van der Waals surface area contributed by atoms with E-state index in [4.69, 9.17) is 10.5 Å². The highest BCUT2D eigenvalue weighted by molar-refractivity contribution is 5.85. The Morgan fingerprint density at radius 1 is 1.21 bits per heavy atom. The highest BCUT2D eigenvalue weighted by atomic mass is 16.6. The van der Waals surface area contributed by atoms with Gasteiger partial charge in [-0.1, -0.05) is 18.2 Å². The Morgan fingerprint density at radius 3 is 2.32 bits per heavy atom. The maximum Gasteiger partial charge on any atom is 0.412 e. The molecule has 0 saturated heterocycles. The van der Waals surface area contributed by atoms with Crippen LogP contribution in [0.4, 0.5) is 10.5 Å². The molecule has 0 radical (unpaired) electrons. The fourth-order valence-corrected chi connectivity index (χ4v) is 1.70. The fourth-order valence-electron chi connectivity index (χ4n) is 1.70. The Hall–Kier alpha value is -1.55. The lowest BCUT2D eigenvalue weighted by Gasteiger charge is -2.23. The first-order valence-electron chi connectivity index (χ1n) is 6.44. The summed E-state index contributed by atoms with van der Waals surface area (Å²) in [6, 6.07) is 7.62. The van der Waals surface area contributed by atoms with Crippen molar-refractivity contribution in [1.29, 1.82) is 0 Å². The van der Waals surface area contributed by atoms with Crippen LogP contribution in [0.2, 0.25) is 0 Å². The number of carbonyl (C=O) groups is 1. The standard InChI is InChI=1S/C15H24N2O2/c1-14(2,3)19-13(18)17-12-9-7-6-8-11(12)10-15(4,5)16/h6-9H,10,16H2,1-5H3,(H,17,18). The molecule has 1 amide bonds. The van der Waals surface area contributed by atoms with Crippen molar-refractivity contribution in [2.75, 3.05) is 5.32 Å². The van der Waals surface area contributed by atoms with Crippen LogP contribution in [0.1, 0.15) is 40.2 Å². The summed E-state index contributed by atoms with van der Waals surface area (Å²) in [7, 11) is 0. The molecule has 0 aromatic heterocycles. The van der Waals surface area contributed by atoms with Crippen molar-refractivity contribution in [3.8, 4) is 0 Å². The van der Waals surface area contributed by atoms with E-state index in [1.165, 1.54) is 0 Å². The summed E-state index contributed by atoms with van der Waals surface area (Å²) in [5.74, 6) is 0. The maximum atomic E-state index is 11.8. The highest BCUT2D eigenvalue weighted by Gasteiger charge is 2.19. The minimum atomic E-state index is -0.508. The van der Waals surface area contributed by atoms with Gasteiger partial charge in [0.05, 0.1) is 0 Å². The third-order valence-corrected chi connectivity index (χ3v) is 2.30. The summed E-state index contributed by atoms with van der Waals surface area (Å²) in [4.78, 5) is 11.8. The van der Waals surface area contributed by atoms with E-state index in [0.717, 1.165) is 11.3 Å². The monoisotopic (exact) mass is 264 g/mol. The number of rotatable bonds is 3. The van der Waals surface area contributed by atoms with Crippen LogP contribution in [-0.2, 0) is 11.2 Å². The molecule has 3 N–H and O–H groups in total. The van der Waals surface area contributed by atoms with E-state index in [1.807, 2.05) is 58.9 Å². The zero-order valence-electron chi connectivity index (χ0n) is 12.4. The summed E-state index contributed by atoms with van der Waals surface area (Å²) in [5, 5.41) is 2.77. The van der Waals surface area contributed by atoms with Crippen molar-refractivity contribution in [3.63, 3.8) is 0 Å². The molecular weight excluding hydrogens is 240 g/mol. The molecular formula is C15H24N2O2. The molecule has 1 aromatic rings. The van der Waals surface area contributed by atoms with E-state index in [1.54, 1.807) is 0 Å². The van der Waals surface area contributed by atoms with Gasteiger partial charge in [-0.15, -0.1) is 0 Å². The number of benzene rings is 1. The molecule has 0 unspecified atom stereocenters. The van der Waals surface area contributed by atoms with Crippen LogP contribution < -0.4 is 11.1 Å². The van der Waals surface area contributed by atoms with Crippen molar-refractivity contribution >= 4 is 11.8 Å². The number of anilines is 1. The van der Waals surface area contributed by atoms with Crippen LogP contribution in [0.3, 0.4) is 0 Å². The number of carbonyl (C=O) groups excluding carboxylic acids is 1. The van der Waals surface area contributed by atoms with Gasteiger partial charge in [-0.3, -0.25) is 5.32 Å². The molecule has 0 spiro atoms. The molecule has 0 aliphatic rings. The maximum absolute atomic E-state index is 11.8. The van der Waals surface area contributed by atoms with Crippen LogP contribution in [0, 0.1) is 0 Å². The Balaban J connectivity index is 2.81. The van der Waals surface area contributed by atoms with Crippen LogP contribution in [-0.4, -0.2) is 17.2 Å². The average molecular weight is 264 g/mol. The molecule has 19 heavy (non-hydrogen) atoms. The van der Waals surface area contributed by atoms with Gasteiger partial charge in [-0.05, 0) is 52.7 Å². The van der Waals surface area contributed by atoms with E-state index >= 15 is 0 Å². The Kier molecular flexibility index (Phi) is 4.58. The second kappa shape index (κ2) is 5.61. The quantitative estimate of drug-likeness (QED) is 0.880. The zero-order valence-corrected chi connectivity index (χ0v) is 12.4. The largest absolute Gasteiger partial charge is 0.444 e. The minimum absolute atomic E-state index is 0.328. The Bertz CT molecular complexity index is 442. The Morgan fingerprint density at radius 2 is 1.79 bits per heavy atom. The number of hydrogen-bond donors (Lipinski definition) is 2. The van der Waals surface area contributed by atoms with Crippen molar-refractivity contribution in [1.82, 2.24) is 0 Å². The van der Waals surface area contributed by atoms with Gasteiger partial charge >= 0.3 is 6.09 Å². The summed E-state index contributed by atoms with van der Waals surface area (Å²) < 4.78 is 5.25. The lowest BCUT2D eigenvalue weighted by Crippen LogP contribution is -2.35. The molecule has 4 nitrogen and oxygen atoms in total. The molecule has 0 aliphatic heterocycles. The van der Waals surface area contributed by atoms with Crippen molar-refractivity contribution in [2.24, 2.45) is 5.73 Å². The molecule has 1 rings (SSSR count). The molecule has 4 heteroatoms. The molecule has 0 atom stereocenters. The second-order valence-corrected chi connectivity index (χ2v) is 6.45. The summed E-state index contributed by atoms with van der Waals surface area (Å²) in [6.07, 6.45) is 0.230. The van der Waals surface area contributed by atoms with Gasteiger partial charge in [-0.2, -0.15) is 0 Å². The first-order valence-corrected chi connectivity index (χ1v) is 6.44. The second-order valence-electron chi connectivity index (χ2n) is 6.45. The van der Waals surface area contributed by atoms with Crippen molar-refractivity contribution in [3.05, 3.63) is 29.8 Å². The van der Waals surface area contributed by atoms with Gasteiger partial charge in [0, 0.05) is 11.2 Å². The molecule has 0 saturated carbocycles. The van der Waals surface area contributed by atoms with Crippen LogP contribution >= 0.6 is 0 Å². The molecule has 106 valence electrons. The number of hydrogen-bond acceptors (Lipinski definition) is 3. The van der Waals surface area contributed by atoms with Crippen LogP contribution in [0.15, 0.2) is 24.3 Å². The SMILES string of the molecule is CC(C)(N)Cc1ccccc1NC(=O)OC(C)(C)C. The summed E-state index contributed by atoms with van der Waals surface area (Å²) in [5.41, 5.74) is 6.94. The predicted octanol–water partition coefficient (Wildman–Crippen LogP) is 3.31. The van der Waals surface area contributed by atoms with Gasteiger partial charge in [0.2, 0.25) is 0 Å². The van der Waals surface area contributed by atoms with Crippen molar-refractivity contribution in [2.45, 2.75) is 52.2 Å². The third-order valence-electron chi connectivity index (χ3n) is 2.30. The van der Waals surface area contributed by atoms with E-state index < -0.39 is 11.7 Å². The van der Waals surface area contributed by atoms with Gasteiger partial charge in [0.25, 0.3) is 0 Å². The molecule has 1 aromatic carbocycles. The van der Waals surface area contributed by atoms with E-state index in [-0.39, 0.29) is 5.54 Å². The van der Waals surface area contributed by atoms with Crippen molar-refractivity contribution < 1.29 is 9.53 Å². The predicted molar refractivity (Wildman–Crippen MR) is 78.3 cm³/mol. The Labute approximate surface area is 115 Å². The van der Waals surface area contributed by atoms with Gasteiger partial charge in [0.15, 0.2) is 0 Å². The number of nitrogens with two attached hydrogens (primary N) is 1. The molecule has 0 heterocycles. The summed E-state index contributed by atoms with van der Waals surface area (Å²) in [6.45, 7) is 9.42. The smallest absolute Gasteiger partial charge is 0.412 e. The summed E-state index contributed by atoms with van der Waals surface area (Å²) >= 11 is 0. The normalized spacial score (nSPS) is 12.1. The molecule has 0 aliphatic carbocycles. The van der Waals surface area contributed by atoms with E-state index in [9.17, 15) is 4.79 Å². The van der Waals surface area contributed by atoms with E-state index in [2.05, 4.69) is 5.32 Å². The lowest BCUT2D eigenvalue weighted by molar-refractivity contribution is 0.0635. The van der Waals surface area contributed by atoms with Gasteiger partial charge < -0.3 is 10.5 Å². The van der Waals surface area contributed by atoms with Gasteiger partial charge in [0.1, 0.15) is 5.60 Å². The highest BCUT2D eigenvalue weighted by Crippen LogP contribution is 2.20. The van der Waals surface area contributed by atoms with Crippen LogP contribution in [0.25, 0.3) is 0 Å². The number of para-hydroxylation sites is 1. The van der Waals surface area contributed by atoms with E-state index in [0.29, 0.717) is 6.42 Å². The molecule has 0 fully saturated rings. The molecule has 0 bridgehead atoms. The first kappa shape index (κ1) is 15.5. The number of amides is 1. The zero-order chi connectivity index (χ0) is 14.7. The topological polar surface area (TPSA) is 64.3 Å². The third kappa shape index (κ3) is 6.25. The average Bonchev–Trinajstić information content (AvgIpc) is 2.15. The lowest BCUT2D eigenvalue weighted by atomic mass is 9.95. The van der Waals surface area contributed by atoms with Crippen LogP contribution in [0.5, 0.6) is 0 Å². The number of nitrogens with one attached hydrogen (secondary N) is 1. The minimum Gasteiger partial charge on any atom is -0.444 e. The fraction of sp³-hybridized carbons (Fsp3) is 0.533. The van der Waals surface area contributed by atoms with Gasteiger partial charge in [-0.25, -0.2) is 4.79 Å². The number of ether oxygens (including phenoxy) is 1. The first-order chi connectivity index (χ1) is 8.57.